The Kier molecular flexibility index (Phi) is 7.26. The van der Waals surface area contributed by atoms with Gasteiger partial charge in [-0.15, -0.1) is 13.2 Å². The van der Waals surface area contributed by atoms with Crippen LogP contribution in [-0.2, 0) is 26.4 Å². The van der Waals surface area contributed by atoms with E-state index in [1.807, 2.05) is 12.1 Å². The summed E-state index contributed by atoms with van der Waals surface area (Å²) in [5.41, 5.74) is 0.367. The first-order valence-corrected chi connectivity index (χ1v) is 11.6. The molecule has 0 unspecified atom stereocenters. The van der Waals surface area contributed by atoms with Gasteiger partial charge in [0.1, 0.15) is 17.3 Å². The molecule has 1 aliphatic rings. The molecule has 0 saturated carbocycles. The predicted molar refractivity (Wildman–Crippen MR) is 129 cm³/mol. The lowest BCUT2D eigenvalue weighted by Crippen LogP contribution is -2.39. The third kappa shape index (κ3) is 5.64. The number of ether oxygens (including phenoxy) is 2. The van der Waals surface area contributed by atoms with Gasteiger partial charge in [-0.05, 0) is 56.0 Å². The number of halogens is 4. The van der Waals surface area contributed by atoms with Crippen molar-refractivity contribution in [2.24, 2.45) is 18.0 Å². The van der Waals surface area contributed by atoms with Crippen LogP contribution in [0.3, 0.4) is 0 Å². The van der Waals surface area contributed by atoms with Crippen molar-refractivity contribution in [3.8, 4) is 11.5 Å². The summed E-state index contributed by atoms with van der Waals surface area (Å²) in [5, 5.41) is 0.578. The molecule has 0 bridgehead atoms. The Bertz CT molecular complexity index is 1410. The van der Waals surface area contributed by atoms with Crippen molar-refractivity contribution in [1.82, 2.24) is 9.13 Å². The molecule has 7 nitrogen and oxygen atoms in total. The summed E-state index contributed by atoms with van der Waals surface area (Å²) < 4.78 is 50.6. The molecule has 1 atom stereocenters. The van der Waals surface area contributed by atoms with E-state index in [0.29, 0.717) is 29.8 Å². The molecule has 0 spiro atoms. The minimum Gasteiger partial charge on any atom is -0.442 e. The topological polar surface area (TPSA) is 74.8 Å². The van der Waals surface area contributed by atoms with E-state index in [4.69, 9.17) is 16.3 Å². The fourth-order valence-corrected chi connectivity index (χ4v) is 4.27. The molecule has 1 aliphatic heterocycles. The van der Waals surface area contributed by atoms with Crippen molar-refractivity contribution < 1.29 is 22.6 Å². The maximum atomic E-state index is 12.9. The Morgan fingerprint density at radius 3 is 2.47 bits per heavy atom. The van der Waals surface area contributed by atoms with Crippen LogP contribution >= 0.6 is 11.6 Å². The molecule has 190 valence electrons. The quantitative estimate of drug-likeness (QED) is 0.472. The molecule has 0 fully saturated rings. The predicted octanol–water partition coefficient (Wildman–Crippen LogP) is 5.03. The number of aliphatic imine (C=N–C) groups is 1. The Morgan fingerprint density at radius 2 is 1.81 bits per heavy atom. The van der Waals surface area contributed by atoms with E-state index in [0.717, 1.165) is 22.3 Å². The van der Waals surface area contributed by atoms with Crippen LogP contribution in [0.15, 0.2) is 63.1 Å². The number of fused-ring (bicyclic) bond motifs is 1. The first-order valence-electron chi connectivity index (χ1n) is 11.2. The average Bonchev–Trinajstić information content (AvgIpc) is 2.98. The third-order valence-corrected chi connectivity index (χ3v) is 6.14. The van der Waals surface area contributed by atoms with Crippen LogP contribution in [0.2, 0.25) is 5.02 Å². The molecule has 0 aliphatic carbocycles. The zero-order valence-electron chi connectivity index (χ0n) is 19.5. The summed E-state index contributed by atoms with van der Waals surface area (Å²) in [6.45, 7) is 2.03. The van der Waals surface area contributed by atoms with E-state index in [1.54, 1.807) is 19.1 Å². The molecule has 3 aromatic rings. The largest absolute Gasteiger partial charge is 0.573 e. The first kappa shape index (κ1) is 25.6. The van der Waals surface area contributed by atoms with Gasteiger partial charge in [-0.3, -0.25) is 13.9 Å². The van der Waals surface area contributed by atoms with Gasteiger partial charge < -0.3 is 9.47 Å². The summed E-state index contributed by atoms with van der Waals surface area (Å²) in [6.07, 6.45) is -3.58. The highest BCUT2D eigenvalue weighted by Gasteiger charge is 2.32. The van der Waals surface area contributed by atoms with Crippen LogP contribution in [0, 0.1) is 5.92 Å². The van der Waals surface area contributed by atoms with E-state index in [2.05, 4.69) is 9.73 Å². The van der Waals surface area contributed by atoms with Crippen molar-refractivity contribution in [1.29, 1.82) is 0 Å². The molecule has 0 N–H and O–H groups in total. The number of rotatable bonds is 5. The molecule has 0 saturated heterocycles. The normalized spacial score (nSPS) is 15.6. The van der Waals surface area contributed by atoms with Crippen LogP contribution in [0.5, 0.6) is 11.5 Å². The summed E-state index contributed by atoms with van der Waals surface area (Å²) in [6, 6.07) is 12.3. The molecule has 0 radical (unpaired) electrons. The van der Waals surface area contributed by atoms with Gasteiger partial charge in [0.05, 0.1) is 5.56 Å². The molecular formula is C25H23ClF3N3O4. The SMILES string of the molecule is CCn1c2c(c(=O)n(C)c1=O)CC[C@@H](Cc1ccc(Cl)cc1)C(Oc1cccc(OC(F)(F)F)c1)=N2. The summed E-state index contributed by atoms with van der Waals surface area (Å²) in [4.78, 5) is 30.3. The van der Waals surface area contributed by atoms with Crippen LogP contribution < -0.4 is 20.7 Å². The number of alkyl halides is 3. The number of hydrogen-bond donors (Lipinski definition) is 0. The van der Waals surface area contributed by atoms with Crippen molar-refractivity contribution in [2.75, 3.05) is 0 Å². The lowest BCUT2D eigenvalue weighted by Gasteiger charge is -2.19. The van der Waals surface area contributed by atoms with Crippen molar-refractivity contribution >= 4 is 23.3 Å². The number of hydrogen-bond acceptors (Lipinski definition) is 5. The smallest absolute Gasteiger partial charge is 0.442 e. The molecule has 36 heavy (non-hydrogen) atoms. The standard InChI is InChI=1S/C25H23ClF3N3O4/c1-3-32-21-20(23(33)31(2)24(32)34)12-9-16(13-15-7-10-17(26)11-8-15)22(30-21)35-18-5-4-6-19(14-18)36-25(27,28)29/h4-8,10-11,14,16H,3,9,12-13H2,1-2H3/t16-/m0/s1. The third-order valence-electron chi connectivity index (χ3n) is 5.89. The molecule has 11 heteroatoms. The van der Waals surface area contributed by atoms with Crippen molar-refractivity contribution in [3.63, 3.8) is 0 Å². The van der Waals surface area contributed by atoms with Crippen molar-refractivity contribution in [2.45, 2.75) is 39.1 Å². The monoisotopic (exact) mass is 521 g/mol. The summed E-state index contributed by atoms with van der Waals surface area (Å²) in [5.74, 6) is -0.321. The van der Waals surface area contributed by atoms with E-state index < -0.39 is 23.4 Å². The second-order valence-electron chi connectivity index (χ2n) is 8.33. The van der Waals surface area contributed by atoms with Gasteiger partial charge in [-0.2, -0.15) is 4.99 Å². The van der Waals surface area contributed by atoms with Crippen molar-refractivity contribution in [3.05, 3.63) is 85.5 Å². The van der Waals surface area contributed by atoms with Gasteiger partial charge in [0, 0.05) is 30.6 Å². The Balaban J connectivity index is 1.79. The second kappa shape index (κ2) is 10.2. The highest BCUT2D eigenvalue weighted by molar-refractivity contribution is 6.30. The maximum absolute atomic E-state index is 12.9. The minimum absolute atomic E-state index is 0.0780. The lowest BCUT2D eigenvalue weighted by molar-refractivity contribution is -0.274. The molecule has 2 aromatic carbocycles. The van der Waals surface area contributed by atoms with E-state index >= 15 is 0 Å². The summed E-state index contributed by atoms with van der Waals surface area (Å²) in [7, 11) is 1.42. The fourth-order valence-electron chi connectivity index (χ4n) is 4.14. The van der Waals surface area contributed by atoms with Gasteiger partial charge >= 0.3 is 12.1 Å². The van der Waals surface area contributed by atoms with Gasteiger partial charge in [0.15, 0.2) is 5.90 Å². The Labute approximate surface area is 209 Å². The van der Waals surface area contributed by atoms with Gasteiger partial charge in [0.25, 0.3) is 5.56 Å². The zero-order chi connectivity index (χ0) is 26.0. The lowest BCUT2D eigenvalue weighted by atomic mass is 9.93. The second-order valence-corrected chi connectivity index (χ2v) is 8.77. The number of aromatic nitrogens is 2. The molecule has 1 aromatic heterocycles. The first-order chi connectivity index (χ1) is 17.1. The van der Waals surface area contributed by atoms with Crippen LogP contribution in [0.4, 0.5) is 19.0 Å². The van der Waals surface area contributed by atoms with Gasteiger partial charge in [-0.1, -0.05) is 29.8 Å². The van der Waals surface area contributed by atoms with Crippen LogP contribution in [0.25, 0.3) is 0 Å². The minimum atomic E-state index is -4.86. The molecule has 4 rings (SSSR count). The van der Waals surface area contributed by atoms with E-state index in [9.17, 15) is 22.8 Å². The van der Waals surface area contributed by atoms with Gasteiger partial charge in [-0.25, -0.2) is 4.79 Å². The van der Waals surface area contributed by atoms with Gasteiger partial charge in [0.2, 0.25) is 0 Å². The average molecular weight is 522 g/mol. The highest BCUT2D eigenvalue weighted by atomic mass is 35.5. The van der Waals surface area contributed by atoms with E-state index in [-0.39, 0.29) is 29.9 Å². The maximum Gasteiger partial charge on any atom is 0.573 e. The molecule has 2 heterocycles. The Morgan fingerprint density at radius 1 is 1.11 bits per heavy atom. The van der Waals surface area contributed by atoms with Crippen LogP contribution in [-0.4, -0.2) is 21.4 Å². The number of nitrogens with zero attached hydrogens (tertiary/aromatic N) is 3. The fraction of sp³-hybridized carbons (Fsp3) is 0.320. The summed E-state index contributed by atoms with van der Waals surface area (Å²) >= 11 is 6.01. The highest BCUT2D eigenvalue weighted by Crippen LogP contribution is 2.31. The number of benzene rings is 2. The molecular weight excluding hydrogens is 499 g/mol. The Hall–Kier alpha value is -3.53. The van der Waals surface area contributed by atoms with Crippen LogP contribution in [0.1, 0.15) is 24.5 Å². The van der Waals surface area contributed by atoms with E-state index in [1.165, 1.54) is 23.7 Å². The molecule has 0 amide bonds. The zero-order valence-corrected chi connectivity index (χ0v) is 20.3.